The van der Waals surface area contributed by atoms with Crippen LogP contribution in [0.3, 0.4) is 0 Å². The lowest BCUT2D eigenvalue weighted by molar-refractivity contribution is -0.154. The maximum atomic E-state index is 11.6. The number of aliphatic carboxylic acids is 1. The Morgan fingerprint density at radius 1 is 1.06 bits per heavy atom. The molecule has 0 aromatic carbocycles. The summed E-state index contributed by atoms with van der Waals surface area (Å²) in [6, 6.07) is 0. The van der Waals surface area contributed by atoms with Gasteiger partial charge in [-0.15, -0.1) is 0 Å². The molecule has 2 fully saturated rings. The van der Waals surface area contributed by atoms with Crippen molar-refractivity contribution in [2.75, 3.05) is 26.3 Å². The second kappa shape index (κ2) is 5.15. The predicted molar refractivity (Wildman–Crippen MR) is 60.5 cm³/mol. The molecule has 0 radical (unpaired) electrons. The van der Waals surface area contributed by atoms with Crippen LogP contribution >= 0.6 is 0 Å². The monoisotopic (exact) mass is 227 g/mol. The molecule has 2 heterocycles. The van der Waals surface area contributed by atoms with Gasteiger partial charge in [-0.3, -0.25) is 9.69 Å². The van der Waals surface area contributed by atoms with Crippen molar-refractivity contribution >= 4 is 5.97 Å². The van der Waals surface area contributed by atoms with E-state index in [0.717, 1.165) is 38.8 Å². The topological polar surface area (TPSA) is 49.8 Å². The average molecular weight is 227 g/mol. The Kier molecular flexibility index (Phi) is 3.82. The fourth-order valence-electron chi connectivity index (χ4n) is 2.92. The minimum Gasteiger partial charge on any atom is -0.480 e. The summed E-state index contributed by atoms with van der Waals surface area (Å²) >= 11 is 0. The number of likely N-dealkylation sites (tertiary alicyclic amines) is 1. The molecule has 0 aliphatic carbocycles. The van der Waals surface area contributed by atoms with Gasteiger partial charge < -0.3 is 9.84 Å². The van der Waals surface area contributed by atoms with Gasteiger partial charge in [0.1, 0.15) is 5.54 Å². The van der Waals surface area contributed by atoms with Crippen LogP contribution in [0, 0.1) is 0 Å². The van der Waals surface area contributed by atoms with Crippen molar-refractivity contribution in [3.63, 3.8) is 0 Å². The zero-order chi connectivity index (χ0) is 11.4. The second-order valence-electron chi connectivity index (χ2n) is 4.85. The first-order valence-corrected chi connectivity index (χ1v) is 6.32. The lowest BCUT2D eigenvalue weighted by Gasteiger charge is -2.42. The molecule has 1 unspecified atom stereocenters. The number of carbonyl (C=O) groups is 1. The van der Waals surface area contributed by atoms with Gasteiger partial charge in [0.05, 0.1) is 0 Å². The highest BCUT2D eigenvalue weighted by Gasteiger charge is 2.44. The van der Waals surface area contributed by atoms with Crippen molar-refractivity contribution < 1.29 is 14.6 Å². The molecular weight excluding hydrogens is 206 g/mol. The number of nitrogens with zero attached hydrogens (tertiary/aromatic N) is 1. The van der Waals surface area contributed by atoms with Gasteiger partial charge in [-0.25, -0.2) is 0 Å². The summed E-state index contributed by atoms with van der Waals surface area (Å²) in [5, 5.41) is 9.57. The number of ether oxygens (including phenoxy) is 1. The average Bonchev–Trinajstić information content (AvgIpc) is 2.56. The minimum atomic E-state index is -0.653. The zero-order valence-electron chi connectivity index (χ0n) is 9.78. The molecule has 1 N–H and O–H groups in total. The van der Waals surface area contributed by atoms with E-state index >= 15 is 0 Å². The SMILES string of the molecule is O=C(O)C1(N2CCCCC2)CCCOCC1. The van der Waals surface area contributed by atoms with E-state index in [2.05, 4.69) is 4.90 Å². The van der Waals surface area contributed by atoms with Crippen LogP contribution in [0.1, 0.15) is 38.5 Å². The maximum absolute atomic E-state index is 11.6. The van der Waals surface area contributed by atoms with Crippen LogP contribution in [-0.2, 0) is 9.53 Å². The summed E-state index contributed by atoms with van der Waals surface area (Å²) < 4.78 is 5.40. The van der Waals surface area contributed by atoms with Gasteiger partial charge in [0.25, 0.3) is 0 Å². The van der Waals surface area contributed by atoms with E-state index in [4.69, 9.17) is 4.74 Å². The van der Waals surface area contributed by atoms with Crippen LogP contribution in [0.25, 0.3) is 0 Å². The zero-order valence-corrected chi connectivity index (χ0v) is 9.78. The summed E-state index contributed by atoms with van der Waals surface area (Å²) in [6.07, 6.45) is 5.75. The van der Waals surface area contributed by atoms with Crippen LogP contribution in [-0.4, -0.2) is 47.8 Å². The molecule has 4 heteroatoms. The van der Waals surface area contributed by atoms with Crippen LogP contribution in [0.4, 0.5) is 0 Å². The van der Waals surface area contributed by atoms with E-state index in [1.807, 2.05) is 0 Å². The standard InChI is InChI=1S/C12H21NO3/c14-11(15)12(5-4-9-16-10-6-12)13-7-2-1-3-8-13/h1-10H2,(H,14,15). The largest absolute Gasteiger partial charge is 0.480 e. The summed E-state index contributed by atoms with van der Waals surface area (Å²) in [5.41, 5.74) is -0.642. The Labute approximate surface area is 96.6 Å². The van der Waals surface area contributed by atoms with E-state index in [9.17, 15) is 9.90 Å². The maximum Gasteiger partial charge on any atom is 0.324 e. The normalized spacial score (nSPS) is 33.2. The second-order valence-corrected chi connectivity index (χ2v) is 4.85. The number of hydrogen-bond donors (Lipinski definition) is 1. The molecule has 4 nitrogen and oxygen atoms in total. The van der Waals surface area contributed by atoms with Gasteiger partial charge in [0.15, 0.2) is 0 Å². The van der Waals surface area contributed by atoms with E-state index in [1.165, 1.54) is 6.42 Å². The summed E-state index contributed by atoms with van der Waals surface area (Å²) in [5.74, 6) is -0.653. The van der Waals surface area contributed by atoms with Crippen LogP contribution in [0.5, 0.6) is 0 Å². The van der Waals surface area contributed by atoms with Gasteiger partial charge in [-0.05, 0) is 45.2 Å². The van der Waals surface area contributed by atoms with Gasteiger partial charge in [0, 0.05) is 13.2 Å². The van der Waals surface area contributed by atoms with Gasteiger partial charge in [-0.2, -0.15) is 0 Å². The third-order valence-electron chi connectivity index (χ3n) is 3.90. The van der Waals surface area contributed by atoms with E-state index in [-0.39, 0.29) is 0 Å². The van der Waals surface area contributed by atoms with E-state index < -0.39 is 11.5 Å². The molecule has 2 rings (SSSR count). The molecule has 92 valence electrons. The van der Waals surface area contributed by atoms with E-state index in [1.54, 1.807) is 0 Å². The quantitative estimate of drug-likeness (QED) is 0.776. The summed E-state index contributed by atoms with van der Waals surface area (Å²) in [6.45, 7) is 3.17. The number of piperidine rings is 1. The number of carboxylic acids is 1. The summed E-state index contributed by atoms with van der Waals surface area (Å²) in [4.78, 5) is 13.8. The van der Waals surface area contributed by atoms with Crippen molar-refractivity contribution in [3.05, 3.63) is 0 Å². The Morgan fingerprint density at radius 3 is 2.50 bits per heavy atom. The first kappa shape index (κ1) is 11.9. The lowest BCUT2D eigenvalue weighted by atomic mass is 9.87. The molecule has 0 spiro atoms. The highest BCUT2D eigenvalue weighted by Crippen LogP contribution is 2.31. The van der Waals surface area contributed by atoms with Gasteiger partial charge in [-0.1, -0.05) is 6.42 Å². The Hall–Kier alpha value is -0.610. The molecule has 2 aliphatic heterocycles. The molecule has 0 amide bonds. The van der Waals surface area contributed by atoms with Crippen molar-refractivity contribution in [2.24, 2.45) is 0 Å². The van der Waals surface area contributed by atoms with E-state index in [0.29, 0.717) is 19.6 Å². The Morgan fingerprint density at radius 2 is 1.81 bits per heavy atom. The predicted octanol–water partition coefficient (Wildman–Crippen LogP) is 1.50. The molecule has 1 atom stereocenters. The van der Waals surface area contributed by atoms with Crippen LogP contribution in [0.2, 0.25) is 0 Å². The van der Waals surface area contributed by atoms with Crippen LogP contribution < -0.4 is 0 Å². The molecule has 0 aromatic heterocycles. The highest BCUT2D eigenvalue weighted by atomic mass is 16.5. The molecule has 0 aromatic rings. The Balaban J connectivity index is 2.14. The first-order valence-electron chi connectivity index (χ1n) is 6.32. The van der Waals surface area contributed by atoms with Gasteiger partial charge in [0.2, 0.25) is 0 Å². The number of rotatable bonds is 2. The highest BCUT2D eigenvalue weighted by molar-refractivity contribution is 5.78. The lowest BCUT2D eigenvalue weighted by Crippen LogP contribution is -2.56. The number of carboxylic acid groups (broad SMARTS) is 1. The van der Waals surface area contributed by atoms with Crippen molar-refractivity contribution in [1.29, 1.82) is 0 Å². The first-order chi connectivity index (χ1) is 7.76. The molecule has 0 bridgehead atoms. The summed E-state index contributed by atoms with van der Waals surface area (Å²) in [7, 11) is 0. The third kappa shape index (κ3) is 2.23. The number of hydrogen-bond acceptors (Lipinski definition) is 3. The molecule has 2 saturated heterocycles. The fraction of sp³-hybridized carbons (Fsp3) is 0.917. The molecule has 2 aliphatic rings. The molecule has 16 heavy (non-hydrogen) atoms. The van der Waals surface area contributed by atoms with Crippen molar-refractivity contribution in [1.82, 2.24) is 4.90 Å². The minimum absolute atomic E-state index is 0.586. The van der Waals surface area contributed by atoms with Crippen molar-refractivity contribution in [2.45, 2.75) is 44.1 Å². The third-order valence-corrected chi connectivity index (χ3v) is 3.90. The van der Waals surface area contributed by atoms with Gasteiger partial charge >= 0.3 is 5.97 Å². The molecule has 0 saturated carbocycles. The molecular formula is C12H21NO3. The smallest absolute Gasteiger partial charge is 0.324 e. The van der Waals surface area contributed by atoms with Crippen LogP contribution in [0.15, 0.2) is 0 Å². The fourth-order valence-corrected chi connectivity index (χ4v) is 2.92. The Bertz CT molecular complexity index is 241. The van der Waals surface area contributed by atoms with Crippen molar-refractivity contribution in [3.8, 4) is 0 Å².